The minimum Gasteiger partial charge on any atom is -0.506 e. The summed E-state index contributed by atoms with van der Waals surface area (Å²) in [5.41, 5.74) is 0.605. The predicted octanol–water partition coefficient (Wildman–Crippen LogP) is 2.80. The molecule has 7 nitrogen and oxygen atoms in total. The zero-order chi connectivity index (χ0) is 20.7. The van der Waals surface area contributed by atoms with Crippen LogP contribution in [0.3, 0.4) is 0 Å². The van der Waals surface area contributed by atoms with E-state index < -0.39 is 34.8 Å². The molecule has 4 N–H and O–H groups in total. The number of nitrogens with one attached hydrogen (secondary N) is 1. The number of aliphatic hydroxyl groups excluding tert-OH is 2. The van der Waals surface area contributed by atoms with Crippen molar-refractivity contribution in [2.75, 3.05) is 4.31 Å². The van der Waals surface area contributed by atoms with Gasteiger partial charge < -0.3 is 15.3 Å². The Bertz CT molecular complexity index is 1040. The molecule has 1 aliphatic heterocycles. The number of halogens is 3. The monoisotopic (exact) mass is 418 g/mol. The SMILES string of the molecule is O=S1(=O)NC(O)=CN1c1cc2cc(CCCC(O)C(F)(F)F)ccc2cc1O. The summed E-state index contributed by atoms with van der Waals surface area (Å²) in [5.74, 6) is -0.929. The molecule has 2 aromatic rings. The normalized spacial score (nSPS) is 17.4. The van der Waals surface area contributed by atoms with Gasteiger partial charge in [-0.1, -0.05) is 18.2 Å². The van der Waals surface area contributed by atoms with Gasteiger partial charge in [0.2, 0.25) is 5.88 Å². The van der Waals surface area contributed by atoms with E-state index in [4.69, 9.17) is 5.11 Å². The molecule has 1 aliphatic rings. The van der Waals surface area contributed by atoms with E-state index >= 15 is 0 Å². The lowest BCUT2D eigenvalue weighted by molar-refractivity contribution is -0.205. The fraction of sp³-hybridized carbons (Fsp3) is 0.294. The van der Waals surface area contributed by atoms with Gasteiger partial charge in [0.25, 0.3) is 0 Å². The number of alkyl halides is 3. The van der Waals surface area contributed by atoms with Crippen LogP contribution < -0.4 is 9.03 Å². The number of fused-ring (bicyclic) bond motifs is 1. The van der Waals surface area contributed by atoms with Crippen molar-refractivity contribution in [1.29, 1.82) is 0 Å². The number of anilines is 1. The molecule has 152 valence electrons. The van der Waals surface area contributed by atoms with Crippen LogP contribution in [0.15, 0.2) is 42.4 Å². The molecule has 1 heterocycles. The van der Waals surface area contributed by atoms with Gasteiger partial charge in [0.05, 0.1) is 6.20 Å². The van der Waals surface area contributed by atoms with Crippen LogP contribution in [-0.2, 0) is 16.6 Å². The summed E-state index contributed by atoms with van der Waals surface area (Å²) in [6, 6.07) is 7.74. The van der Waals surface area contributed by atoms with E-state index in [0.717, 1.165) is 6.20 Å². The van der Waals surface area contributed by atoms with Gasteiger partial charge in [0, 0.05) is 0 Å². The highest BCUT2D eigenvalue weighted by molar-refractivity contribution is 7.91. The molecule has 11 heteroatoms. The molecule has 0 spiro atoms. The summed E-state index contributed by atoms with van der Waals surface area (Å²) < 4.78 is 63.6. The van der Waals surface area contributed by atoms with Crippen molar-refractivity contribution in [1.82, 2.24) is 4.72 Å². The number of nitrogens with zero attached hydrogens (tertiary/aromatic N) is 1. The Kier molecular flexibility index (Phi) is 5.06. The molecule has 0 radical (unpaired) electrons. The topological polar surface area (TPSA) is 110 Å². The predicted molar refractivity (Wildman–Crippen MR) is 95.9 cm³/mol. The first-order valence-electron chi connectivity index (χ1n) is 8.21. The Morgan fingerprint density at radius 1 is 1.11 bits per heavy atom. The second kappa shape index (κ2) is 7.06. The first kappa shape index (κ1) is 20.1. The third kappa shape index (κ3) is 4.09. The van der Waals surface area contributed by atoms with E-state index in [-0.39, 0.29) is 24.3 Å². The number of aliphatic hydroxyl groups is 2. The standard InChI is InChI=1S/C17H17F3N2O5S/c18-17(19,20)15(24)3-1-2-10-4-5-11-8-14(23)13(7-12(11)6-10)22-9-16(25)21-28(22,26)27/h4-9,15,21,23-25H,1-3H2. The lowest BCUT2D eigenvalue weighted by Crippen LogP contribution is -2.29. The van der Waals surface area contributed by atoms with Crippen LogP contribution in [0, 0.1) is 0 Å². The Labute approximate surface area is 158 Å². The number of aromatic hydroxyl groups is 1. The summed E-state index contributed by atoms with van der Waals surface area (Å²) in [5, 5.41) is 29.7. The maximum absolute atomic E-state index is 12.3. The number of benzene rings is 2. The molecule has 0 aromatic heterocycles. The van der Waals surface area contributed by atoms with Crippen LogP contribution in [0.2, 0.25) is 0 Å². The lowest BCUT2D eigenvalue weighted by Gasteiger charge is -2.17. The van der Waals surface area contributed by atoms with Crippen LogP contribution in [0.4, 0.5) is 18.9 Å². The third-order valence-corrected chi connectivity index (χ3v) is 5.58. The van der Waals surface area contributed by atoms with Gasteiger partial charge in [0.1, 0.15) is 17.5 Å². The smallest absolute Gasteiger partial charge is 0.414 e. The molecule has 0 saturated heterocycles. The number of aryl methyl sites for hydroxylation is 1. The molecule has 0 fully saturated rings. The van der Waals surface area contributed by atoms with Crippen molar-refractivity contribution in [3.63, 3.8) is 0 Å². The molecule has 0 amide bonds. The number of phenols is 1. The van der Waals surface area contributed by atoms with Crippen molar-refractivity contribution >= 4 is 26.7 Å². The maximum atomic E-state index is 12.3. The Hall–Kier alpha value is -2.66. The highest BCUT2D eigenvalue weighted by Gasteiger charge is 2.37. The fourth-order valence-electron chi connectivity index (χ4n) is 2.91. The van der Waals surface area contributed by atoms with Gasteiger partial charge in [0.15, 0.2) is 0 Å². The van der Waals surface area contributed by atoms with Crippen molar-refractivity contribution in [2.45, 2.75) is 31.5 Å². The highest BCUT2D eigenvalue weighted by Crippen LogP contribution is 2.36. The van der Waals surface area contributed by atoms with Crippen LogP contribution in [0.5, 0.6) is 5.75 Å². The van der Waals surface area contributed by atoms with Gasteiger partial charge in [-0.3, -0.25) is 0 Å². The largest absolute Gasteiger partial charge is 0.506 e. The Morgan fingerprint density at radius 2 is 1.82 bits per heavy atom. The molecule has 1 unspecified atom stereocenters. The van der Waals surface area contributed by atoms with E-state index in [0.29, 0.717) is 20.6 Å². The van der Waals surface area contributed by atoms with Crippen molar-refractivity contribution < 1.29 is 36.9 Å². The summed E-state index contributed by atoms with van der Waals surface area (Å²) >= 11 is 0. The molecule has 1 atom stereocenters. The Balaban J connectivity index is 1.85. The van der Waals surface area contributed by atoms with Gasteiger partial charge in [-0.2, -0.15) is 21.6 Å². The van der Waals surface area contributed by atoms with Crippen LogP contribution in [0.1, 0.15) is 18.4 Å². The lowest BCUT2D eigenvalue weighted by atomic mass is 10.0. The van der Waals surface area contributed by atoms with Gasteiger partial charge in [-0.15, -0.1) is 0 Å². The summed E-state index contributed by atoms with van der Waals surface area (Å²) in [6.07, 6.45) is -6.15. The molecule has 2 aromatic carbocycles. The van der Waals surface area contributed by atoms with E-state index in [1.54, 1.807) is 18.2 Å². The number of hydrogen-bond acceptors (Lipinski definition) is 5. The number of rotatable bonds is 5. The van der Waals surface area contributed by atoms with E-state index in [2.05, 4.69) is 0 Å². The number of phenolic OH excluding ortho intramolecular Hbond substituents is 1. The second-order valence-corrected chi connectivity index (χ2v) is 7.94. The highest BCUT2D eigenvalue weighted by atomic mass is 32.2. The maximum Gasteiger partial charge on any atom is 0.414 e. The minimum absolute atomic E-state index is 0.0892. The third-order valence-electron chi connectivity index (χ3n) is 4.29. The summed E-state index contributed by atoms with van der Waals surface area (Å²) in [6.45, 7) is 0. The summed E-state index contributed by atoms with van der Waals surface area (Å²) in [4.78, 5) is 0. The quantitative estimate of drug-likeness (QED) is 0.597. The first-order valence-corrected chi connectivity index (χ1v) is 9.65. The molecule has 0 aliphatic carbocycles. The van der Waals surface area contributed by atoms with Crippen molar-refractivity contribution in [3.8, 4) is 5.75 Å². The molecule has 0 saturated carbocycles. The average molecular weight is 418 g/mol. The second-order valence-electron chi connectivity index (χ2n) is 6.39. The van der Waals surface area contributed by atoms with Crippen molar-refractivity contribution in [3.05, 3.63) is 48.0 Å². The zero-order valence-corrected chi connectivity index (χ0v) is 15.1. The van der Waals surface area contributed by atoms with Crippen LogP contribution in [-0.4, -0.2) is 36.0 Å². The molecular weight excluding hydrogens is 401 g/mol. The van der Waals surface area contributed by atoms with Crippen LogP contribution >= 0.6 is 0 Å². The zero-order valence-electron chi connectivity index (χ0n) is 14.3. The first-order chi connectivity index (χ1) is 13.0. The van der Waals surface area contributed by atoms with E-state index in [1.165, 1.54) is 12.1 Å². The number of hydrogen-bond donors (Lipinski definition) is 4. The molecule has 3 rings (SSSR count). The van der Waals surface area contributed by atoms with E-state index in [9.17, 15) is 31.8 Å². The van der Waals surface area contributed by atoms with Gasteiger partial charge in [-0.25, -0.2) is 9.03 Å². The molecule has 0 bridgehead atoms. The van der Waals surface area contributed by atoms with Gasteiger partial charge >= 0.3 is 16.4 Å². The van der Waals surface area contributed by atoms with Gasteiger partial charge in [-0.05, 0) is 47.7 Å². The van der Waals surface area contributed by atoms with Crippen LogP contribution in [0.25, 0.3) is 10.8 Å². The summed E-state index contributed by atoms with van der Waals surface area (Å²) in [7, 11) is -4.08. The van der Waals surface area contributed by atoms with Crippen molar-refractivity contribution in [2.24, 2.45) is 0 Å². The Morgan fingerprint density at radius 3 is 2.43 bits per heavy atom. The minimum atomic E-state index is -4.65. The molecule has 28 heavy (non-hydrogen) atoms. The average Bonchev–Trinajstić information content (AvgIpc) is 2.85. The van der Waals surface area contributed by atoms with E-state index in [1.807, 2.05) is 4.72 Å². The molecular formula is C17H17F3N2O5S. The fourth-order valence-corrected chi connectivity index (χ4v) is 3.96.